The van der Waals surface area contributed by atoms with Gasteiger partial charge in [-0.15, -0.1) is 0 Å². The number of imide groups is 1. The van der Waals surface area contributed by atoms with Crippen LogP contribution in [0.4, 0.5) is 4.79 Å². The number of benzene rings is 1. The molecule has 0 aromatic heterocycles. The number of amides is 4. The first kappa shape index (κ1) is 20.2. The molecule has 4 amide bonds. The van der Waals surface area contributed by atoms with E-state index >= 15 is 0 Å². The van der Waals surface area contributed by atoms with Gasteiger partial charge in [0.25, 0.3) is 11.8 Å². The van der Waals surface area contributed by atoms with Crippen LogP contribution >= 0.6 is 23.2 Å². The Labute approximate surface area is 173 Å². The normalized spacial score (nSPS) is 18.1. The minimum absolute atomic E-state index is 0.161. The Hall–Kier alpha value is -2.49. The standard InChI is InChI=1S/C20H19Cl2N3O3/c1-13(2-3-14-4-5-16(21)17(22)12-14)23-20(28)24-10-8-15(9-11-24)25-18(26)6-7-19(25)27/h4-7,12-13,15H,8-11H2,1H3,(H,23,28). The van der Waals surface area contributed by atoms with Gasteiger partial charge >= 0.3 is 6.03 Å². The SMILES string of the molecule is CC(C#Cc1ccc(Cl)c(Cl)c1)NC(=O)N1CCC(N2C(=O)C=CC2=O)CC1. The number of hydrogen-bond acceptors (Lipinski definition) is 3. The summed E-state index contributed by atoms with van der Waals surface area (Å²) in [6, 6.07) is 4.37. The van der Waals surface area contributed by atoms with Crippen LogP contribution in [0, 0.1) is 11.8 Å². The quantitative estimate of drug-likeness (QED) is 0.591. The Balaban J connectivity index is 1.50. The minimum atomic E-state index is -0.356. The van der Waals surface area contributed by atoms with E-state index in [9.17, 15) is 14.4 Å². The van der Waals surface area contributed by atoms with E-state index in [1.165, 1.54) is 17.1 Å². The number of nitrogens with one attached hydrogen (secondary N) is 1. The molecule has 28 heavy (non-hydrogen) atoms. The molecule has 1 atom stereocenters. The largest absolute Gasteiger partial charge is 0.325 e. The summed E-state index contributed by atoms with van der Waals surface area (Å²) in [6.07, 6.45) is 3.71. The highest BCUT2D eigenvalue weighted by Gasteiger charge is 2.34. The lowest BCUT2D eigenvalue weighted by molar-refractivity contribution is -0.140. The third-order valence-electron chi connectivity index (χ3n) is 4.65. The maximum absolute atomic E-state index is 12.4. The molecule has 1 aromatic rings. The van der Waals surface area contributed by atoms with Gasteiger partial charge in [0.05, 0.1) is 16.1 Å². The van der Waals surface area contributed by atoms with E-state index in [0.29, 0.717) is 41.5 Å². The molecule has 0 radical (unpaired) electrons. The molecule has 1 fully saturated rings. The Morgan fingerprint density at radius 1 is 1.14 bits per heavy atom. The number of nitrogens with zero attached hydrogens (tertiary/aromatic N) is 2. The van der Waals surface area contributed by atoms with E-state index in [4.69, 9.17) is 23.2 Å². The van der Waals surface area contributed by atoms with Crippen LogP contribution in [0.25, 0.3) is 0 Å². The number of hydrogen-bond donors (Lipinski definition) is 1. The molecule has 2 heterocycles. The molecule has 0 saturated carbocycles. The van der Waals surface area contributed by atoms with Gasteiger partial charge in [-0.25, -0.2) is 4.79 Å². The van der Waals surface area contributed by atoms with Crippen LogP contribution in [0.1, 0.15) is 25.3 Å². The van der Waals surface area contributed by atoms with Gasteiger partial charge in [0.1, 0.15) is 0 Å². The molecule has 0 spiro atoms. The first-order valence-corrected chi connectivity index (χ1v) is 9.68. The van der Waals surface area contributed by atoms with Crippen molar-refractivity contribution in [2.75, 3.05) is 13.1 Å². The van der Waals surface area contributed by atoms with Gasteiger partial charge in [-0.2, -0.15) is 0 Å². The van der Waals surface area contributed by atoms with Crippen molar-refractivity contribution in [3.63, 3.8) is 0 Å². The van der Waals surface area contributed by atoms with E-state index in [2.05, 4.69) is 17.2 Å². The fourth-order valence-electron chi connectivity index (χ4n) is 3.18. The zero-order valence-electron chi connectivity index (χ0n) is 15.2. The second-order valence-electron chi connectivity index (χ2n) is 6.67. The lowest BCUT2D eigenvalue weighted by atomic mass is 10.0. The van der Waals surface area contributed by atoms with Gasteiger partial charge in [-0.05, 0) is 38.0 Å². The summed E-state index contributed by atoms with van der Waals surface area (Å²) in [7, 11) is 0. The van der Waals surface area contributed by atoms with Crippen molar-refractivity contribution in [1.82, 2.24) is 15.1 Å². The Morgan fingerprint density at radius 3 is 2.39 bits per heavy atom. The predicted molar refractivity (Wildman–Crippen MR) is 107 cm³/mol. The van der Waals surface area contributed by atoms with E-state index in [1.54, 1.807) is 30.0 Å². The molecule has 8 heteroatoms. The lowest BCUT2D eigenvalue weighted by Gasteiger charge is -2.35. The zero-order chi connectivity index (χ0) is 20.3. The number of likely N-dealkylation sites (tertiary alicyclic amines) is 1. The molecular weight excluding hydrogens is 401 g/mol. The van der Waals surface area contributed by atoms with Crippen molar-refractivity contribution in [1.29, 1.82) is 0 Å². The Bertz CT molecular complexity index is 878. The van der Waals surface area contributed by atoms with Gasteiger partial charge in [-0.3, -0.25) is 14.5 Å². The van der Waals surface area contributed by atoms with Crippen LogP contribution in [0.2, 0.25) is 10.0 Å². The van der Waals surface area contributed by atoms with Crippen molar-refractivity contribution in [2.45, 2.75) is 31.8 Å². The molecule has 1 aromatic carbocycles. The fraction of sp³-hybridized carbons (Fsp3) is 0.350. The summed E-state index contributed by atoms with van der Waals surface area (Å²) in [4.78, 5) is 38.9. The molecule has 2 aliphatic heterocycles. The highest BCUT2D eigenvalue weighted by Crippen LogP contribution is 2.22. The summed E-state index contributed by atoms with van der Waals surface area (Å²) >= 11 is 11.8. The molecule has 1 unspecified atom stereocenters. The van der Waals surface area contributed by atoms with Gasteiger partial charge in [0.2, 0.25) is 0 Å². The Morgan fingerprint density at radius 2 is 1.79 bits per heavy atom. The van der Waals surface area contributed by atoms with Crippen LogP contribution in [0.15, 0.2) is 30.4 Å². The summed E-state index contributed by atoms with van der Waals surface area (Å²) in [5, 5.41) is 3.73. The van der Waals surface area contributed by atoms with Crippen molar-refractivity contribution in [3.05, 3.63) is 46.0 Å². The van der Waals surface area contributed by atoms with Gasteiger partial charge in [0, 0.05) is 36.8 Å². The summed E-state index contributed by atoms with van der Waals surface area (Å²) < 4.78 is 0. The van der Waals surface area contributed by atoms with Crippen LogP contribution in [0.3, 0.4) is 0 Å². The maximum Gasteiger partial charge on any atom is 0.318 e. The Kier molecular flexibility index (Phi) is 6.28. The predicted octanol–water partition coefficient (Wildman–Crippen LogP) is 2.83. The monoisotopic (exact) mass is 419 g/mol. The summed E-state index contributed by atoms with van der Waals surface area (Å²) in [5.74, 6) is 5.37. The number of rotatable bonds is 2. The summed E-state index contributed by atoms with van der Waals surface area (Å²) in [6.45, 7) is 2.74. The third-order valence-corrected chi connectivity index (χ3v) is 5.39. The first-order valence-electron chi connectivity index (χ1n) is 8.92. The van der Waals surface area contributed by atoms with Crippen molar-refractivity contribution < 1.29 is 14.4 Å². The fourth-order valence-corrected chi connectivity index (χ4v) is 3.47. The smallest absolute Gasteiger partial charge is 0.318 e. The topological polar surface area (TPSA) is 69.7 Å². The van der Waals surface area contributed by atoms with Gasteiger partial charge in [-0.1, -0.05) is 35.0 Å². The molecule has 0 bridgehead atoms. The second-order valence-corrected chi connectivity index (χ2v) is 7.48. The average Bonchev–Trinajstić information content (AvgIpc) is 3.01. The van der Waals surface area contributed by atoms with Gasteiger partial charge in [0.15, 0.2) is 0 Å². The average molecular weight is 420 g/mol. The van der Waals surface area contributed by atoms with Crippen LogP contribution in [-0.4, -0.2) is 52.8 Å². The molecule has 146 valence electrons. The molecular formula is C20H19Cl2N3O3. The third kappa shape index (κ3) is 4.67. The van der Waals surface area contributed by atoms with Gasteiger partial charge < -0.3 is 10.2 Å². The van der Waals surface area contributed by atoms with E-state index in [-0.39, 0.29) is 29.9 Å². The highest BCUT2D eigenvalue weighted by atomic mass is 35.5. The number of carbonyl (C=O) groups is 3. The number of halogens is 2. The van der Waals surface area contributed by atoms with Crippen molar-refractivity contribution >= 4 is 41.0 Å². The number of carbonyl (C=O) groups excluding carboxylic acids is 3. The van der Waals surface area contributed by atoms with Crippen molar-refractivity contribution in [3.8, 4) is 11.8 Å². The molecule has 1 N–H and O–H groups in total. The molecule has 0 aliphatic carbocycles. The molecule has 1 saturated heterocycles. The van der Waals surface area contributed by atoms with E-state index in [0.717, 1.165) is 0 Å². The maximum atomic E-state index is 12.4. The highest BCUT2D eigenvalue weighted by molar-refractivity contribution is 6.42. The second kappa shape index (κ2) is 8.68. The molecule has 6 nitrogen and oxygen atoms in total. The molecule has 2 aliphatic rings. The zero-order valence-corrected chi connectivity index (χ0v) is 16.8. The van der Waals surface area contributed by atoms with E-state index in [1.807, 2.05) is 0 Å². The minimum Gasteiger partial charge on any atom is -0.325 e. The van der Waals surface area contributed by atoms with E-state index < -0.39 is 0 Å². The van der Waals surface area contributed by atoms with Crippen LogP contribution < -0.4 is 5.32 Å². The molecule has 3 rings (SSSR count). The van der Waals surface area contributed by atoms with Crippen LogP contribution in [-0.2, 0) is 9.59 Å². The van der Waals surface area contributed by atoms with Crippen molar-refractivity contribution in [2.24, 2.45) is 0 Å². The summed E-state index contributed by atoms with van der Waals surface area (Å²) in [5.41, 5.74) is 0.713. The lowest BCUT2D eigenvalue weighted by Crippen LogP contribution is -2.52. The number of piperidine rings is 1. The van der Waals surface area contributed by atoms with Crippen LogP contribution in [0.5, 0.6) is 0 Å². The first-order chi connectivity index (χ1) is 13.3. The number of urea groups is 1.